The van der Waals surface area contributed by atoms with Crippen LogP contribution in [0.15, 0.2) is 52.9 Å². The Labute approximate surface area is 147 Å². The van der Waals surface area contributed by atoms with E-state index in [1.807, 2.05) is 62.4 Å². The van der Waals surface area contributed by atoms with Crippen LogP contribution in [0.5, 0.6) is 5.75 Å². The highest BCUT2D eigenvalue weighted by Crippen LogP contribution is 2.24. The average Bonchev–Trinajstić information content (AvgIpc) is 3.03. The molecule has 1 heterocycles. The van der Waals surface area contributed by atoms with E-state index in [0.717, 1.165) is 11.3 Å². The summed E-state index contributed by atoms with van der Waals surface area (Å²) in [6.07, 6.45) is 1.06. The molecule has 0 aliphatic rings. The molecule has 130 valence electrons. The smallest absolute Gasteiger partial charge is 0.224 e. The maximum absolute atomic E-state index is 12.1. The monoisotopic (exact) mass is 338 g/mol. The number of para-hydroxylation sites is 1. The van der Waals surface area contributed by atoms with Crippen molar-refractivity contribution in [2.75, 3.05) is 11.9 Å². The van der Waals surface area contributed by atoms with Crippen LogP contribution in [0.25, 0.3) is 11.1 Å². The maximum Gasteiger partial charge on any atom is 0.224 e. The second kappa shape index (κ2) is 7.83. The molecule has 0 bridgehead atoms. The number of aromatic nitrogens is 1. The summed E-state index contributed by atoms with van der Waals surface area (Å²) in [6, 6.07) is 15.1. The first-order valence-electron chi connectivity index (χ1n) is 8.50. The number of oxazole rings is 1. The van der Waals surface area contributed by atoms with Gasteiger partial charge in [0.25, 0.3) is 0 Å². The number of fused-ring (bicyclic) bond motifs is 1. The maximum atomic E-state index is 12.1. The van der Waals surface area contributed by atoms with Gasteiger partial charge in [-0.15, -0.1) is 0 Å². The minimum atomic E-state index is -0.0420. The van der Waals surface area contributed by atoms with Crippen LogP contribution in [0, 0.1) is 0 Å². The molecule has 1 amide bonds. The number of nitrogens with one attached hydrogen (secondary N) is 1. The first-order valence-corrected chi connectivity index (χ1v) is 8.50. The first-order chi connectivity index (χ1) is 12.1. The molecule has 0 atom stereocenters. The molecule has 0 aliphatic carbocycles. The third-order valence-electron chi connectivity index (χ3n) is 3.74. The van der Waals surface area contributed by atoms with Gasteiger partial charge in [0.1, 0.15) is 11.3 Å². The van der Waals surface area contributed by atoms with Crippen molar-refractivity contribution in [3.05, 3.63) is 54.4 Å². The Bertz CT molecular complexity index is 841. The molecule has 3 rings (SSSR count). The SMILES string of the molecule is CC(C)c1nc2ccc(NC(=O)CCCOc3ccccc3)cc2o1. The quantitative estimate of drug-likeness (QED) is 0.631. The zero-order chi connectivity index (χ0) is 17.6. The lowest BCUT2D eigenvalue weighted by atomic mass is 10.2. The van der Waals surface area contributed by atoms with Crippen molar-refractivity contribution < 1.29 is 13.9 Å². The molecule has 0 radical (unpaired) electrons. The molecular formula is C20H22N2O3. The number of anilines is 1. The molecule has 0 saturated carbocycles. The number of carbonyl (C=O) groups is 1. The van der Waals surface area contributed by atoms with Gasteiger partial charge in [-0.3, -0.25) is 4.79 Å². The van der Waals surface area contributed by atoms with Gasteiger partial charge in [0.15, 0.2) is 11.5 Å². The number of ether oxygens (including phenoxy) is 1. The summed E-state index contributed by atoms with van der Waals surface area (Å²) in [4.78, 5) is 16.5. The Morgan fingerprint density at radius 1 is 1.20 bits per heavy atom. The van der Waals surface area contributed by atoms with Crippen molar-refractivity contribution in [3.8, 4) is 5.75 Å². The molecule has 5 heteroatoms. The zero-order valence-corrected chi connectivity index (χ0v) is 14.5. The molecule has 1 aromatic heterocycles. The number of carbonyl (C=O) groups excluding carboxylic acids is 1. The zero-order valence-electron chi connectivity index (χ0n) is 14.5. The lowest BCUT2D eigenvalue weighted by molar-refractivity contribution is -0.116. The van der Waals surface area contributed by atoms with Crippen LogP contribution in [0.3, 0.4) is 0 Å². The third-order valence-corrected chi connectivity index (χ3v) is 3.74. The highest BCUT2D eigenvalue weighted by molar-refractivity contribution is 5.92. The number of amides is 1. The Hall–Kier alpha value is -2.82. The Kier molecular flexibility index (Phi) is 5.33. The van der Waals surface area contributed by atoms with Crippen LogP contribution in [-0.2, 0) is 4.79 Å². The molecule has 0 spiro atoms. The number of hydrogen-bond acceptors (Lipinski definition) is 4. The van der Waals surface area contributed by atoms with Crippen molar-refractivity contribution in [1.29, 1.82) is 0 Å². The van der Waals surface area contributed by atoms with Crippen molar-refractivity contribution in [2.45, 2.75) is 32.6 Å². The Balaban J connectivity index is 1.49. The van der Waals surface area contributed by atoms with Crippen molar-refractivity contribution >= 4 is 22.7 Å². The van der Waals surface area contributed by atoms with Crippen LogP contribution in [0.4, 0.5) is 5.69 Å². The fourth-order valence-electron chi connectivity index (χ4n) is 2.43. The fraction of sp³-hybridized carbons (Fsp3) is 0.300. The lowest BCUT2D eigenvalue weighted by Gasteiger charge is -2.07. The van der Waals surface area contributed by atoms with E-state index in [1.165, 1.54) is 0 Å². The number of benzene rings is 2. The number of hydrogen-bond donors (Lipinski definition) is 1. The summed E-state index contributed by atoms with van der Waals surface area (Å²) in [5.74, 6) is 1.71. The van der Waals surface area contributed by atoms with Gasteiger partial charge in [-0.1, -0.05) is 32.0 Å². The summed E-state index contributed by atoms with van der Waals surface area (Å²) < 4.78 is 11.3. The minimum absolute atomic E-state index is 0.0420. The fourth-order valence-corrected chi connectivity index (χ4v) is 2.43. The van der Waals surface area contributed by atoms with Gasteiger partial charge in [0.05, 0.1) is 6.61 Å². The van der Waals surface area contributed by atoms with Gasteiger partial charge in [0.2, 0.25) is 5.91 Å². The summed E-state index contributed by atoms with van der Waals surface area (Å²) in [7, 11) is 0. The van der Waals surface area contributed by atoms with Crippen LogP contribution >= 0.6 is 0 Å². The Morgan fingerprint density at radius 2 is 2.00 bits per heavy atom. The second-order valence-electron chi connectivity index (χ2n) is 6.20. The van der Waals surface area contributed by atoms with E-state index in [1.54, 1.807) is 0 Å². The number of rotatable bonds is 7. The third kappa shape index (κ3) is 4.59. The van der Waals surface area contributed by atoms with Crippen LogP contribution in [0.1, 0.15) is 38.5 Å². The second-order valence-corrected chi connectivity index (χ2v) is 6.20. The molecule has 3 aromatic rings. The molecule has 0 fully saturated rings. The lowest BCUT2D eigenvalue weighted by Crippen LogP contribution is -2.12. The standard InChI is InChI=1S/C20H22N2O3/c1-14(2)20-22-17-11-10-15(13-18(17)25-20)21-19(23)9-6-12-24-16-7-4-3-5-8-16/h3-5,7-8,10-11,13-14H,6,9,12H2,1-2H3,(H,21,23). The molecule has 25 heavy (non-hydrogen) atoms. The van der Waals surface area contributed by atoms with Crippen molar-refractivity contribution in [2.24, 2.45) is 0 Å². The van der Waals surface area contributed by atoms with Crippen molar-refractivity contribution in [1.82, 2.24) is 4.98 Å². The Morgan fingerprint density at radius 3 is 2.76 bits per heavy atom. The summed E-state index contributed by atoms with van der Waals surface area (Å²) in [5.41, 5.74) is 2.21. The molecule has 0 aliphatic heterocycles. The summed E-state index contributed by atoms with van der Waals surface area (Å²) in [5, 5.41) is 2.89. The molecular weight excluding hydrogens is 316 g/mol. The van der Waals surface area contributed by atoms with Gasteiger partial charge >= 0.3 is 0 Å². The van der Waals surface area contributed by atoms with E-state index < -0.39 is 0 Å². The highest BCUT2D eigenvalue weighted by atomic mass is 16.5. The number of nitrogens with zero attached hydrogens (tertiary/aromatic N) is 1. The largest absolute Gasteiger partial charge is 0.494 e. The summed E-state index contributed by atoms with van der Waals surface area (Å²) >= 11 is 0. The van der Waals surface area contributed by atoms with Crippen LogP contribution in [-0.4, -0.2) is 17.5 Å². The van der Waals surface area contributed by atoms with Gasteiger partial charge in [-0.2, -0.15) is 0 Å². The first kappa shape index (κ1) is 17.0. The van der Waals surface area contributed by atoms with E-state index in [0.29, 0.717) is 36.6 Å². The van der Waals surface area contributed by atoms with E-state index in [9.17, 15) is 4.79 Å². The van der Waals surface area contributed by atoms with E-state index in [2.05, 4.69) is 10.3 Å². The van der Waals surface area contributed by atoms with Gasteiger partial charge < -0.3 is 14.5 Å². The predicted octanol–water partition coefficient (Wildman–Crippen LogP) is 4.75. The van der Waals surface area contributed by atoms with E-state index in [-0.39, 0.29) is 11.8 Å². The van der Waals surface area contributed by atoms with E-state index in [4.69, 9.17) is 9.15 Å². The van der Waals surface area contributed by atoms with E-state index >= 15 is 0 Å². The average molecular weight is 338 g/mol. The molecule has 1 N–H and O–H groups in total. The minimum Gasteiger partial charge on any atom is -0.494 e. The highest BCUT2D eigenvalue weighted by Gasteiger charge is 2.10. The molecule has 5 nitrogen and oxygen atoms in total. The van der Waals surface area contributed by atoms with Crippen LogP contribution in [0.2, 0.25) is 0 Å². The van der Waals surface area contributed by atoms with Gasteiger partial charge in [-0.05, 0) is 30.7 Å². The molecule has 0 unspecified atom stereocenters. The molecule has 0 saturated heterocycles. The van der Waals surface area contributed by atoms with Crippen LogP contribution < -0.4 is 10.1 Å². The van der Waals surface area contributed by atoms with Crippen molar-refractivity contribution in [3.63, 3.8) is 0 Å². The normalized spacial score (nSPS) is 11.0. The topological polar surface area (TPSA) is 64.4 Å². The van der Waals surface area contributed by atoms with Gasteiger partial charge in [-0.25, -0.2) is 4.98 Å². The van der Waals surface area contributed by atoms with Gasteiger partial charge in [0, 0.05) is 24.1 Å². The summed E-state index contributed by atoms with van der Waals surface area (Å²) in [6.45, 7) is 4.58. The molecule has 2 aromatic carbocycles. The predicted molar refractivity (Wildman–Crippen MR) is 97.9 cm³/mol.